The van der Waals surface area contributed by atoms with Crippen LogP contribution in [0.25, 0.3) is 11.1 Å². The molecule has 3 N–H and O–H groups in total. The summed E-state index contributed by atoms with van der Waals surface area (Å²) in [5, 5.41) is 3.19. The van der Waals surface area contributed by atoms with Crippen molar-refractivity contribution in [3.8, 4) is 11.1 Å². The highest BCUT2D eigenvalue weighted by atomic mass is 19.1. The highest BCUT2D eigenvalue weighted by Crippen LogP contribution is 2.26. The maximum Gasteiger partial charge on any atom is 0.123 e. The Morgan fingerprint density at radius 2 is 1.39 bits per heavy atom. The third-order valence-electron chi connectivity index (χ3n) is 3.52. The van der Waals surface area contributed by atoms with Gasteiger partial charge in [0, 0.05) is 13.1 Å². The van der Waals surface area contributed by atoms with E-state index in [0.717, 1.165) is 29.8 Å². The first-order chi connectivity index (χ1) is 8.67. The summed E-state index contributed by atoms with van der Waals surface area (Å²) in [6, 6.07) is 14.7. The molecule has 0 bridgehead atoms. The molecule has 0 spiro atoms. The molecule has 1 heterocycles. The van der Waals surface area contributed by atoms with Crippen LogP contribution in [0.1, 0.15) is 5.56 Å². The number of nitrogens with two attached hydrogens (primary N) is 1. The van der Waals surface area contributed by atoms with Crippen molar-refractivity contribution >= 4 is 0 Å². The molecule has 1 fully saturated rings. The zero-order chi connectivity index (χ0) is 12.6. The Labute approximate surface area is 106 Å². The predicted molar refractivity (Wildman–Crippen MR) is 70.6 cm³/mol. The third kappa shape index (κ3) is 1.92. The second-order valence-electron chi connectivity index (χ2n) is 4.84. The Kier molecular flexibility index (Phi) is 2.65. The molecule has 2 aromatic rings. The molecule has 3 rings (SSSR count). The molecule has 2 nitrogen and oxygen atoms in total. The molecule has 92 valence electrons. The number of nitrogens with one attached hydrogen (secondary N) is 1. The van der Waals surface area contributed by atoms with Gasteiger partial charge in [-0.25, -0.2) is 4.39 Å². The van der Waals surface area contributed by atoms with Crippen molar-refractivity contribution in [3.05, 3.63) is 59.9 Å². The van der Waals surface area contributed by atoms with Gasteiger partial charge in [-0.1, -0.05) is 36.4 Å². The van der Waals surface area contributed by atoms with Gasteiger partial charge in [0.2, 0.25) is 0 Å². The fraction of sp³-hybridized carbons (Fsp3) is 0.200. The molecule has 3 heteroatoms. The fourth-order valence-electron chi connectivity index (χ4n) is 2.24. The normalized spacial score (nSPS) is 17.2. The van der Waals surface area contributed by atoms with E-state index in [-0.39, 0.29) is 11.4 Å². The van der Waals surface area contributed by atoms with Crippen LogP contribution in [0.5, 0.6) is 0 Å². The second kappa shape index (κ2) is 4.19. The van der Waals surface area contributed by atoms with E-state index >= 15 is 0 Å². The van der Waals surface area contributed by atoms with Crippen molar-refractivity contribution in [3.63, 3.8) is 0 Å². The van der Waals surface area contributed by atoms with Crippen LogP contribution in [0.2, 0.25) is 0 Å². The van der Waals surface area contributed by atoms with E-state index in [1.165, 1.54) is 12.1 Å². The highest BCUT2D eigenvalue weighted by Gasteiger charge is 2.33. The third-order valence-corrected chi connectivity index (χ3v) is 3.52. The average Bonchev–Trinajstić information content (AvgIpc) is 2.37. The van der Waals surface area contributed by atoms with Crippen molar-refractivity contribution in [2.75, 3.05) is 13.1 Å². The van der Waals surface area contributed by atoms with Gasteiger partial charge >= 0.3 is 0 Å². The standard InChI is InChI=1S/C15H15FN2/c16-14-7-3-12(4-8-14)11-1-5-13(6-2-11)15(17)9-18-10-15/h1-8,18H,9-10,17H2. The molecule has 0 radical (unpaired) electrons. The van der Waals surface area contributed by atoms with E-state index in [1.807, 2.05) is 12.1 Å². The number of hydrogen-bond acceptors (Lipinski definition) is 2. The predicted octanol–water partition coefficient (Wildman–Crippen LogP) is 2.25. The minimum atomic E-state index is -0.221. The zero-order valence-corrected chi connectivity index (χ0v) is 9.99. The Balaban J connectivity index is 1.89. The highest BCUT2D eigenvalue weighted by molar-refractivity contribution is 5.63. The summed E-state index contributed by atoms with van der Waals surface area (Å²) in [6.07, 6.45) is 0. The van der Waals surface area contributed by atoms with Gasteiger partial charge in [-0.05, 0) is 28.8 Å². The Morgan fingerprint density at radius 1 is 0.889 bits per heavy atom. The average molecular weight is 242 g/mol. The van der Waals surface area contributed by atoms with Crippen LogP contribution < -0.4 is 11.1 Å². The topological polar surface area (TPSA) is 38.0 Å². The first-order valence-corrected chi connectivity index (χ1v) is 6.03. The summed E-state index contributed by atoms with van der Waals surface area (Å²) in [5.41, 5.74) is 9.24. The quantitative estimate of drug-likeness (QED) is 0.847. The van der Waals surface area contributed by atoms with Crippen molar-refractivity contribution < 1.29 is 4.39 Å². The summed E-state index contributed by atoms with van der Waals surface area (Å²) < 4.78 is 12.9. The van der Waals surface area contributed by atoms with E-state index in [4.69, 9.17) is 5.73 Å². The van der Waals surface area contributed by atoms with E-state index in [2.05, 4.69) is 17.4 Å². The van der Waals surface area contributed by atoms with Crippen LogP contribution in [0.3, 0.4) is 0 Å². The van der Waals surface area contributed by atoms with Crippen LogP contribution in [0.4, 0.5) is 4.39 Å². The number of rotatable bonds is 2. The number of benzene rings is 2. The van der Waals surface area contributed by atoms with Gasteiger partial charge in [-0.3, -0.25) is 0 Å². The summed E-state index contributed by atoms with van der Waals surface area (Å²) in [4.78, 5) is 0. The SMILES string of the molecule is NC1(c2ccc(-c3ccc(F)cc3)cc2)CNC1. The first-order valence-electron chi connectivity index (χ1n) is 6.03. The minimum absolute atomic E-state index is 0.211. The molecular weight excluding hydrogens is 227 g/mol. The van der Waals surface area contributed by atoms with Gasteiger partial charge in [0.15, 0.2) is 0 Å². The Bertz CT molecular complexity index is 542. The van der Waals surface area contributed by atoms with E-state index in [1.54, 1.807) is 12.1 Å². The van der Waals surface area contributed by atoms with Crippen LogP contribution in [-0.2, 0) is 5.54 Å². The van der Waals surface area contributed by atoms with E-state index in [9.17, 15) is 4.39 Å². The fourth-order valence-corrected chi connectivity index (χ4v) is 2.24. The molecule has 18 heavy (non-hydrogen) atoms. The van der Waals surface area contributed by atoms with E-state index < -0.39 is 0 Å². The van der Waals surface area contributed by atoms with Crippen molar-refractivity contribution in [1.29, 1.82) is 0 Å². The van der Waals surface area contributed by atoms with E-state index in [0.29, 0.717) is 0 Å². The molecule has 1 saturated heterocycles. The second-order valence-corrected chi connectivity index (χ2v) is 4.84. The molecule has 0 unspecified atom stereocenters. The summed E-state index contributed by atoms with van der Waals surface area (Å²) >= 11 is 0. The Hall–Kier alpha value is -1.71. The maximum atomic E-state index is 12.9. The maximum absolute atomic E-state index is 12.9. The van der Waals surface area contributed by atoms with Gasteiger partial charge < -0.3 is 11.1 Å². The molecule has 1 aliphatic rings. The van der Waals surface area contributed by atoms with Gasteiger partial charge in [0.05, 0.1) is 5.54 Å². The van der Waals surface area contributed by atoms with Gasteiger partial charge in [0.1, 0.15) is 5.82 Å². The van der Waals surface area contributed by atoms with Crippen molar-refractivity contribution in [2.24, 2.45) is 5.73 Å². The number of halogens is 1. The van der Waals surface area contributed by atoms with Crippen LogP contribution >= 0.6 is 0 Å². The lowest BCUT2D eigenvalue weighted by Gasteiger charge is -2.39. The first kappa shape index (κ1) is 11.4. The molecule has 0 aliphatic carbocycles. The summed E-state index contributed by atoms with van der Waals surface area (Å²) in [6.45, 7) is 1.64. The van der Waals surface area contributed by atoms with Crippen molar-refractivity contribution in [2.45, 2.75) is 5.54 Å². The molecule has 0 aromatic heterocycles. The molecule has 2 aromatic carbocycles. The zero-order valence-electron chi connectivity index (χ0n) is 9.99. The smallest absolute Gasteiger partial charge is 0.123 e. The van der Waals surface area contributed by atoms with Gasteiger partial charge in [0.25, 0.3) is 0 Å². The molecule has 0 amide bonds. The van der Waals surface area contributed by atoms with Crippen LogP contribution in [0.15, 0.2) is 48.5 Å². The lowest BCUT2D eigenvalue weighted by atomic mass is 9.85. The largest absolute Gasteiger partial charge is 0.319 e. The molecule has 0 atom stereocenters. The lowest BCUT2D eigenvalue weighted by molar-refractivity contribution is 0.287. The Morgan fingerprint density at radius 3 is 1.83 bits per heavy atom. The number of hydrogen-bond donors (Lipinski definition) is 2. The molecular formula is C15H15FN2. The lowest BCUT2D eigenvalue weighted by Crippen LogP contribution is -2.62. The minimum Gasteiger partial charge on any atom is -0.319 e. The van der Waals surface area contributed by atoms with Crippen molar-refractivity contribution in [1.82, 2.24) is 5.32 Å². The molecule has 0 saturated carbocycles. The summed E-state index contributed by atoms with van der Waals surface area (Å²) in [5.74, 6) is -0.211. The van der Waals surface area contributed by atoms with Crippen LogP contribution in [0, 0.1) is 5.82 Å². The van der Waals surface area contributed by atoms with Gasteiger partial charge in [-0.15, -0.1) is 0 Å². The monoisotopic (exact) mass is 242 g/mol. The van der Waals surface area contributed by atoms with Crippen LogP contribution in [-0.4, -0.2) is 13.1 Å². The molecule has 1 aliphatic heterocycles. The summed E-state index contributed by atoms with van der Waals surface area (Å²) in [7, 11) is 0. The van der Waals surface area contributed by atoms with Gasteiger partial charge in [-0.2, -0.15) is 0 Å².